The van der Waals surface area contributed by atoms with Crippen molar-refractivity contribution in [1.82, 2.24) is 0 Å². The van der Waals surface area contributed by atoms with Crippen LogP contribution in [0.4, 0.5) is 5.69 Å². The molecule has 1 aromatic rings. The number of carbonyl (C=O) groups is 3. The van der Waals surface area contributed by atoms with Gasteiger partial charge in [-0.1, -0.05) is 11.2 Å². The lowest BCUT2D eigenvalue weighted by Crippen LogP contribution is -2.60. The molecule has 3 aliphatic rings. The topological polar surface area (TPSA) is 227 Å². The second kappa shape index (κ2) is 6.57. The van der Waals surface area contributed by atoms with E-state index in [1.165, 1.54) is 19.1 Å². The number of azide groups is 1. The van der Waals surface area contributed by atoms with Crippen LogP contribution in [-0.2, 0) is 20.0 Å². The molecule has 4 atom stereocenters. The molecule has 0 aliphatic heterocycles. The number of Topliss-reactive ketones (excluding diaryl/α,β-unsaturated/α-hetero) is 2. The van der Waals surface area contributed by atoms with Crippen LogP contribution in [-0.4, -0.2) is 48.6 Å². The summed E-state index contributed by atoms with van der Waals surface area (Å²) < 4.78 is 0. The molecule has 0 heterocycles. The van der Waals surface area contributed by atoms with Crippen molar-refractivity contribution in [3.8, 4) is 5.75 Å². The zero-order valence-electron chi connectivity index (χ0n) is 16.6. The molecule has 0 radical (unpaired) electrons. The second-order valence-electron chi connectivity index (χ2n) is 8.25. The molecular weight excluding hydrogens is 424 g/mol. The number of aliphatic hydroxyl groups is 4. The van der Waals surface area contributed by atoms with Gasteiger partial charge in [-0.3, -0.25) is 14.4 Å². The number of phenolic OH excluding ortho intramolecular Hbond substituents is 1. The van der Waals surface area contributed by atoms with Gasteiger partial charge < -0.3 is 31.3 Å². The molecule has 1 aromatic carbocycles. The number of hydrogen-bond donors (Lipinski definition) is 6. The van der Waals surface area contributed by atoms with Gasteiger partial charge in [-0.05, 0) is 30.5 Å². The van der Waals surface area contributed by atoms with Crippen molar-refractivity contribution >= 4 is 28.9 Å². The van der Waals surface area contributed by atoms with Crippen LogP contribution >= 0.6 is 0 Å². The quantitative estimate of drug-likeness (QED) is 0.167. The van der Waals surface area contributed by atoms with Crippen LogP contribution in [0.25, 0.3) is 16.2 Å². The molecule has 7 N–H and O–H groups in total. The van der Waals surface area contributed by atoms with Crippen molar-refractivity contribution in [2.75, 3.05) is 0 Å². The van der Waals surface area contributed by atoms with Crippen molar-refractivity contribution in [2.45, 2.75) is 31.0 Å². The van der Waals surface area contributed by atoms with E-state index in [1.807, 2.05) is 0 Å². The smallest absolute Gasteiger partial charge is 0.255 e. The monoisotopic (exact) mass is 442 g/mol. The lowest BCUT2D eigenvalue weighted by molar-refractivity contribution is -0.152. The maximum absolute atomic E-state index is 13.4. The number of hydrogen-bond acceptors (Lipinski definition) is 9. The molecule has 12 heteroatoms. The number of phenols is 1. The Morgan fingerprint density at radius 1 is 1.25 bits per heavy atom. The molecule has 0 aromatic heterocycles. The van der Waals surface area contributed by atoms with E-state index in [1.54, 1.807) is 0 Å². The van der Waals surface area contributed by atoms with Crippen LogP contribution in [0.2, 0.25) is 0 Å². The number of benzene rings is 1. The summed E-state index contributed by atoms with van der Waals surface area (Å²) >= 11 is 0. The van der Waals surface area contributed by atoms with Crippen molar-refractivity contribution < 1.29 is 39.9 Å². The van der Waals surface area contributed by atoms with E-state index in [4.69, 9.17) is 11.3 Å². The number of aromatic hydroxyl groups is 1. The Kier molecular flexibility index (Phi) is 4.39. The summed E-state index contributed by atoms with van der Waals surface area (Å²) in [4.78, 5) is 40.0. The third kappa shape index (κ3) is 2.45. The predicted molar refractivity (Wildman–Crippen MR) is 106 cm³/mol. The number of fused-ring (bicyclic) bond motifs is 3. The molecule has 1 saturated carbocycles. The molecule has 1 amide bonds. The van der Waals surface area contributed by atoms with Crippen LogP contribution in [0, 0.1) is 11.8 Å². The minimum atomic E-state index is -2.75. The van der Waals surface area contributed by atoms with Crippen LogP contribution in [0.3, 0.4) is 0 Å². The van der Waals surface area contributed by atoms with E-state index < -0.39 is 75.3 Å². The number of rotatable bonds is 2. The predicted octanol–water partition coefficient (Wildman–Crippen LogP) is 1.03. The van der Waals surface area contributed by atoms with E-state index in [0.29, 0.717) is 0 Å². The lowest BCUT2D eigenvalue weighted by atomic mass is 9.56. The SMILES string of the molecule is C[C@@]1(O)c2ccc(N=[N+]=[N-])c(O)c2C(O)=C2C(=O)[C@]3(O)C(O)=C(C(N)=O)C(=O)C[C@@H]3C[C@@H]21. The first-order chi connectivity index (χ1) is 14.9. The van der Waals surface area contributed by atoms with Crippen LogP contribution in [0.1, 0.15) is 30.9 Å². The van der Waals surface area contributed by atoms with Gasteiger partial charge in [0, 0.05) is 28.7 Å². The van der Waals surface area contributed by atoms with Crippen molar-refractivity contribution in [3.63, 3.8) is 0 Å². The highest BCUT2D eigenvalue weighted by Crippen LogP contribution is 2.57. The maximum atomic E-state index is 13.4. The molecule has 12 nitrogen and oxygen atoms in total. The van der Waals surface area contributed by atoms with Gasteiger partial charge in [0.05, 0.1) is 16.9 Å². The Balaban J connectivity index is 2.02. The fraction of sp³-hybridized carbons (Fsp3) is 0.350. The summed E-state index contributed by atoms with van der Waals surface area (Å²) in [5.41, 5.74) is 7.12. The van der Waals surface area contributed by atoms with Gasteiger partial charge >= 0.3 is 0 Å². The summed E-state index contributed by atoms with van der Waals surface area (Å²) in [6.45, 7) is 1.32. The van der Waals surface area contributed by atoms with E-state index in [9.17, 15) is 39.9 Å². The van der Waals surface area contributed by atoms with Crippen molar-refractivity contribution in [1.29, 1.82) is 0 Å². The van der Waals surface area contributed by atoms with Crippen LogP contribution in [0.15, 0.2) is 34.2 Å². The molecule has 3 aliphatic carbocycles. The summed E-state index contributed by atoms with van der Waals surface area (Å²) in [6, 6.07) is 2.53. The number of amides is 1. The second-order valence-corrected chi connectivity index (χ2v) is 8.25. The Hall–Kier alpha value is -3.86. The highest BCUT2D eigenvalue weighted by molar-refractivity contribution is 6.22. The Bertz CT molecular complexity index is 1240. The minimum absolute atomic E-state index is 0.0242. The highest BCUT2D eigenvalue weighted by atomic mass is 16.3. The molecule has 0 spiro atoms. The number of nitrogens with two attached hydrogens (primary N) is 1. The van der Waals surface area contributed by atoms with Crippen molar-refractivity contribution in [3.05, 3.63) is 50.6 Å². The Morgan fingerprint density at radius 3 is 2.50 bits per heavy atom. The van der Waals surface area contributed by atoms with E-state index in [-0.39, 0.29) is 23.2 Å². The van der Waals surface area contributed by atoms with Gasteiger partial charge in [-0.2, -0.15) is 0 Å². The Morgan fingerprint density at radius 2 is 1.91 bits per heavy atom. The third-order valence-corrected chi connectivity index (χ3v) is 6.63. The van der Waals surface area contributed by atoms with Gasteiger partial charge in [-0.25, -0.2) is 0 Å². The molecule has 32 heavy (non-hydrogen) atoms. The van der Waals surface area contributed by atoms with Gasteiger partial charge in [-0.15, -0.1) is 0 Å². The molecule has 0 saturated heterocycles. The summed E-state index contributed by atoms with van der Waals surface area (Å²) in [7, 11) is 0. The molecule has 166 valence electrons. The van der Waals surface area contributed by atoms with Gasteiger partial charge in [0.1, 0.15) is 22.8 Å². The Labute approximate surface area is 179 Å². The summed E-state index contributed by atoms with van der Waals surface area (Å²) in [5.74, 6) is -8.50. The standard InChI is InChI=1S/C20H18N4O8/c1-19(31)7-2-3-9(23-24-22)14(26)11(7)15(27)12-8(19)4-6-5-10(25)13(18(21)30)17(29)20(6,32)16(12)28/h2-3,6,8,26-27,29,31-32H,4-5H2,1H3,(H2,21,30)/t6-,8-,19+,20-/m0/s1. The highest BCUT2D eigenvalue weighted by Gasteiger charge is 2.63. The zero-order chi connectivity index (χ0) is 23.7. The molecule has 1 fully saturated rings. The first-order valence-corrected chi connectivity index (χ1v) is 9.50. The zero-order valence-corrected chi connectivity index (χ0v) is 16.6. The van der Waals surface area contributed by atoms with Gasteiger partial charge in [0.15, 0.2) is 11.4 Å². The number of nitrogens with zero attached hydrogens (tertiary/aromatic N) is 3. The fourth-order valence-electron chi connectivity index (χ4n) is 5.03. The van der Waals surface area contributed by atoms with Crippen LogP contribution in [0.5, 0.6) is 5.75 Å². The average molecular weight is 442 g/mol. The largest absolute Gasteiger partial charge is 0.508 e. The minimum Gasteiger partial charge on any atom is -0.508 e. The van der Waals surface area contributed by atoms with E-state index >= 15 is 0 Å². The summed E-state index contributed by atoms with van der Waals surface area (Å²) in [6.07, 6.45) is -0.728. The van der Waals surface area contributed by atoms with E-state index in [0.717, 1.165) is 0 Å². The van der Waals surface area contributed by atoms with Crippen LogP contribution < -0.4 is 5.73 Å². The lowest BCUT2D eigenvalue weighted by Gasteiger charge is -2.50. The fourth-order valence-corrected chi connectivity index (χ4v) is 5.03. The molecule has 4 rings (SSSR count). The van der Waals surface area contributed by atoms with E-state index in [2.05, 4.69) is 10.0 Å². The molecule has 0 unspecified atom stereocenters. The normalized spacial score (nSPS) is 31.5. The average Bonchev–Trinajstić information content (AvgIpc) is 2.70. The molecule has 0 bridgehead atoms. The van der Waals surface area contributed by atoms with Gasteiger partial charge in [0.25, 0.3) is 5.91 Å². The summed E-state index contributed by atoms with van der Waals surface area (Å²) in [5, 5.41) is 57.8. The number of carbonyl (C=O) groups excluding carboxylic acids is 3. The number of ketones is 2. The maximum Gasteiger partial charge on any atom is 0.255 e. The third-order valence-electron chi connectivity index (χ3n) is 6.63. The molecular formula is C20H18N4O8. The van der Waals surface area contributed by atoms with Gasteiger partial charge in [0.2, 0.25) is 5.78 Å². The first-order valence-electron chi connectivity index (χ1n) is 9.50. The first kappa shape index (κ1) is 21.4. The number of primary amides is 1. The number of aliphatic hydroxyl groups excluding tert-OH is 2. The van der Waals surface area contributed by atoms with Crippen molar-refractivity contribution in [2.24, 2.45) is 22.7 Å².